The van der Waals surface area contributed by atoms with Crippen LogP contribution in [-0.2, 0) is 7.05 Å². The van der Waals surface area contributed by atoms with Crippen LogP contribution in [0.2, 0.25) is 5.02 Å². The quantitative estimate of drug-likeness (QED) is 0.297. The molecule has 5 heterocycles. The smallest absolute Gasteiger partial charge is 0.284 e. The van der Waals surface area contributed by atoms with Crippen LogP contribution >= 0.6 is 11.6 Å². The van der Waals surface area contributed by atoms with Crippen LogP contribution in [0.1, 0.15) is 35.3 Å². The number of halogens is 1. The third kappa shape index (κ3) is 5.53. The van der Waals surface area contributed by atoms with Crippen molar-refractivity contribution in [3.63, 3.8) is 0 Å². The summed E-state index contributed by atoms with van der Waals surface area (Å²) in [4.78, 5) is 48.9. The number of hydrogen-bond donors (Lipinski definition) is 3. The molecule has 2 aliphatic rings. The van der Waals surface area contributed by atoms with Crippen LogP contribution in [0, 0.1) is 6.92 Å². The maximum absolute atomic E-state index is 13.3. The maximum atomic E-state index is 13.3. The molecule has 0 radical (unpaired) electrons. The molecule has 3 aromatic heterocycles. The minimum atomic E-state index is -0.420. The molecule has 2 saturated heterocycles. The van der Waals surface area contributed by atoms with Crippen molar-refractivity contribution in [1.82, 2.24) is 34.6 Å². The largest absolute Gasteiger partial charge is 0.391 e. The van der Waals surface area contributed by atoms with Gasteiger partial charge in [0.25, 0.3) is 11.5 Å². The number of piperidine rings is 1. The summed E-state index contributed by atoms with van der Waals surface area (Å²) in [5.41, 5.74) is 8.09. The molecule has 1 amide bonds. The highest BCUT2D eigenvalue weighted by molar-refractivity contribution is 6.32. The van der Waals surface area contributed by atoms with E-state index in [-0.39, 0.29) is 17.7 Å². The lowest BCUT2D eigenvalue weighted by Gasteiger charge is -2.33. The molecule has 13 nitrogen and oxygen atoms in total. The first kappa shape index (κ1) is 28.6. The number of hydrogen-bond acceptors (Lipinski definition) is 10. The molecular weight excluding hydrogens is 572 g/mol. The van der Waals surface area contributed by atoms with E-state index in [1.165, 1.54) is 4.68 Å². The van der Waals surface area contributed by atoms with Gasteiger partial charge in [0.05, 0.1) is 41.1 Å². The van der Waals surface area contributed by atoms with Crippen molar-refractivity contribution in [3.05, 3.63) is 69.5 Å². The first-order chi connectivity index (χ1) is 20.7. The number of anilines is 3. The molecule has 6 rings (SSSR count). The number of aliphatic hydroxyl groups excluding tert-OH is 1. The van der Waals surface area contributed by atoms with Crippen LogP contribution in [0.25, 0.3) is 17.1 Å². The van der Waals surface area contributed by atoms with Gasteiger partial charge in [-0.2, -0.15) is 0 Å². The van der Waals surface area contributed by atoms with E-state index in [1.54, 1.807) is 61.5 Å². The number of para-hydroxylation sites is 1. The van der Waals surface area contributed by atoms with Crippen LogP contribution in [0.3, 0.4) is 0 Å². The number of carbonyl (C=O) groups is 1. The van der Waals surface area contributed by atoms with Gasteiger partial charge in [0.1, 0.15) is 22.8 Å². The van der Waals surface area contributed by atoms with Crippen LogP contribution in [0.4, 0.5) is 17.5 Å². The fourth-order valence-electron chi connectivity index (χ4n) is 5.68. The minimum absolute atomic E-state index is 0.0967. The highest BCUT2D eigenvalue weighted by atomic mass is 35.5. The first-order valence-electron chi connectivity index (χ1n) is 14.2. The number of nitrogens with zero attached hydrogens (tertiary/aromatic N) is 8. The monoisotopic (exact) mass is 604 g/mol. The summed E-state index contributed by atoms with van der Waals surface area (Å²) < 4.78 is 3.06. The molecule has 0 spiro atoms. The van der Waals surface area contributed by atoms with Crippen LogP contribution in [-0.4, -0.2) is 78.6 Å². The van der Waals surface area contributed by atoms with Gasteiger partial charge in [-0.25, -0.2) is 19.6 Å². The van der Waals surface area contributed by atoms with Crippen molar-refractivity contribution in [2.24, 2.45) is 7.05 Å². The van der Waals surface area contributed by atoms with Crippen molar-refractivity contribution in [1.29, 1.82) is 0 Å². The second-order valence-corrected chi connectivity index (χ2v) is 11.3. The maximum Gasteiger partial charge on any atom is 0.284 e. The Morgan fingerprint density at radius 1 is 1.05 bits per heavy atom. The van der Waals surface area contributed by atoms with E-state index in [9.17, 15) is 14.7 Å². The Hall–Kier alpha value is -4.49. The van der Waals surface area contributed by atoms with Gasteiger partial charge < -0.3 is 26.0 Å². The Kier molecular flexibility index (Phi) is 7.75. The average molecular weight is 605 g/mol. The number of β-amino-alcohol motifs (C(OH)–C–C–N with tert-alkyl or cyclic N) is 1. The van der Waals surface area contributed by atoms with Crippen LogP contribution in [0.5, 0.6) is 0 Å². The molecule has 2 fully saturated rings. The van der Waals surface area contributed by atoms with Crippen LogP contribution < -0.4 is 26.4 Å². The number of carbonyl (C=O) groups excluding carboxylic acids is 1. The summed E-state index contributed by atoms with van der Waals surface area (Å²) in [5, 5.41) is 13.4. The second kappa shape index (κ2) is 11.7. The van der Waals surface area contributed by atoms with Gasteiger partial charge in [0.15, 0.2) is 11.6 Å². The van der Waals surface area contributed by atoms with E-state index in [1.807, 2.05) is 9.80 Å². The molecule has 0 aliphatic carbocycles. The molecule has 4 aromatic rings. The summed E-state index contributed by atoms with van der Waals surface area (Å²) in [6.45, 7) is 4.15. The number of rotatable bonds is 6. The highest BCUT2D eigenvalue weighted by Crippen LogP contribution is 2.27. The molecule has 1 unspecified atom stereocenters. The molecule has 4 N–H and O–H groups in total. The van der Waals surface area contributed by atoms with E-state index in [0.717, 1.165) is 0 Å². The fourth-order valence-corrected chi connectivity index (χ4v) is 5.90. The lowest BCUT2D eigenvalue weighted by Crippen LogP contribution is -2.46. The zero-order valence-electron chi connectivity index (χ0n) is 23.9. The van der Waals surface area contributed by atoms with Gasteiger partial charge in [0, 0.05) is 39.3 Å². The number of aromatic nitrogens is 6. The van der Waals surface area contributed by atoms with E-state index in [2.05, 4.69) is 15.3 Å². The van der Waals surface area contributed by atoms with Crippen molar-refractivity contribution < 1.29 is 9.90 Å². The molecule has 1 atom stereocenters. The number of aliphatic hydroxyl groups is 1. The standard InChI is InChI=1S/C29H33ClN10O3/c1-17-25(29(43)40(37(17)2)23-6-4-3-5-20(23)30)28(42)34-18-7-10-38(11-8-18)27-26(31)33-14-22(36-27)21-13-32-15-24(35-21)39-12-9-19(41)16-39/h3-6,13-15,18-19,41H,7-12,16H2,1-2H3,(H2,31,33)(H,34,42). The van der Waals surface area contributed by atoms with Crippen molar-refractivity contribution >= 4 is 35.0 Å². The zero-order valence-corrected chi connectivity index (χ0v) is 24.7. The van der Waals surface area contributed by atoms with E-state index >= 15 is 0 Å². The summed E-state index contributed by atoms with van der Waals surface area (Å²) >= 11 is 6.34. The van der Waals surface area contributed by atoms with Gasteiger partial charge >= 0.3 is 0 Å². The third-order valence-corrected chi connectivity index (χ3v) is 8.46. The molecule has 14 heteroatoms. The van der Waals surface area contributed by atoms with Gasteiger partial charge in [-0.05, 0) is 38.3 Å². The van der Waals surface area contributed by atoms with Crippen LogP contribution in [0.15, 0.2) is 47.7 Å². The Morgan fingerprint density at radius 2 is 1.77 bits per heavy atom. The Balaban J connectivity index is 1.14. The average Bonchev–Trinajstić information content (AvgIpc) is 3.54. The lowest BCUT2D eigenvalue weighted by molar-refractivity contribution is 0.0929. The number of benzene rings is 1. The van der Waals surface area contributed by atoms with E-state index < -0.39 is 11.5 Å². The Labute approximate surface area is 252 Å². The van der Waals surface area contributed by atoms with Crippen molar-refractivity contribution in [2.75, 3.05) is 41.7 Å². The normalized spacial score (nSPS) is 17.4. The molecule has 2 aliphatic heterocycles. The summed E-state index contributed by atoms with van der Waals surface area (Å²) in [6.07, 6.45) is 6.48. The van der Waals surface area contributed by atoms with E-state index in [0.29, 0.717) is 90.7 Å². The van der Waals surface area contributed by atoms with Gasteiger partial charge in [-0.1, -0.05) is 23.7 Å². The molecule has 1 aromatic carbocycles. The van der Waals surface area contributed by atoms with Crippen molar-refractivity contribution in [2.45, 2.75) is 38.3 Å². The first-order valence-corrected chi connectivity index (χ1v) is 14.6. The Bertz CT molecular complexity index is 1730. The number of nitrogens with one attached hydrogen (secondary N) is 1. The predicted molar refractivity (Wildman–Crippen MR) is 164 cm³/mol. The number of nitrogen functional groups attached to an aromatic ring is 1. The molecule has 43 heavy (non-hydrogen) atoms. The van der Waals surface area contributed by atoms with Gasteiger partial charge in [0.2, 0.25) is 0 Å². The molecular formula is C29H33ClN10O3. The number of amides is 1. The van der Waals surface area contributed by atoms with E-state index in [4.69, 9.17) is 27.3 Å². The summed E-state index contributed by atoms with van der Waals surface area (Å²) in [6, 6.07) is 6.90. The minimum Gasteiger partial charge on any atom is -0.391 e. The fraction of sp³-hybridized carbons (Fsp3) is 0.379. The topological polar surface area (TPSA) is 160 Å². The SMILES string of the molecule is Cc1c(C(=O)NC2CCN(c3nc(-c4cncc(N5CCC(O)C5)n4)cnc3N)CC2)c(=O)n(-c2ccccc2Cl)n1C. The highest BCUT2D eigenvalue weighted by Gasteiger charge is 2.28. The Morgan fingerprint density at radius 3 is 2.49 bits per heavy atom. The lowest BCUT2D eigenvalue weighted by atomic mass is 10.0. The summed E-state index contributed by atoms with van der Waals surface area (Å²) in [7, 11) is 1.73. The van der Waals surface area contributed by atoms with Crippen molar-refractivity contribution in [3.8, 4) is 17.1 Å². The summed E-state index contributed by atoms with van der Waals surface area (Å²) in [5.74, 6) is 1.12. The number of nitrogens with two attached hydrogens (primary N) is 1. The molecule has 224 valence electrons. The molecule has 0 saturated carbocycles. The predicted octanol–water partition coefficient (Wildman–Crippen LogP) is 1.94. The van der Waals surface area contributed by atoms with Gasteiger partial charge in [-0.15, -0.1) is 0 Å². The van der Waals surface area contributed by atoms with Gasteiger partial charge in [-0.3, -0.25) is 19.3 Å². The third-order valence-electron chi connectivity index (χ3n) is 8.14. The molecule has 0 bridgehead atoms. The second-order valence-electron chi connectivity index (χ2n) is 10.9. The zero-order chi connectivity index (χ0) is 30.2.